The van der Waals surface area contributed by atoms with Crippen molar-refractivity contribution in [3.05, 3.63) is 83.4 Å². The first-order valence-corrected chi connectivity index (χ1v) is 8.07. The fraction of sp³-hybridized carbons (Fsp3) is 0.0476. The predicted molar refractivity (Wildman–Crippen MR) is 98.0 cm³/mol. The average Bonchev–Trinajstić information content (AvgIpc) is 2.97. The van der Waals surface area contributed by atoms with Gasteiger partial charge in [-0.25, -0.2) is 4.79 Å². The molecule has 1 aromatic heterocycles. The average molecular weight is 345 g/mol. The number of esters is 1. The van der Waals surface area contributed by atoms with Gasteiger partial charge < -0.3 is 14.4 Å². The van der Waals surface area contributed by atoms with Crippen LogP contribution in [-0.4, -0.2) is 21.4 Å². The zero-order valence-electron chi connectivity index (χ0n) is 14.0. The Morgan fingerprint density at radius 2 is 1.69 bits per heavy atom. The van der Waals surface area contributed by atoms with E-state index in [9.17, 15) is 14.7 Å². The third-order valence-corrected chi connectivity index (χ3v) is 4.36. The Balaban J connectivity index is 1.90. The minimum atomic E-state index is -1.01. The lowest BCUT2D eigenvalue weighted by molar-refractivity contribution is -0.149. The Bertz CT molecular complexity index is 1100. The summed E-state index contributed by atoms with van der Waals surface area (Å²) in [6, 6.07) is 16.3. The van der Waals surface area contributed by atoms with Crippen LogP contribution >= 0.6 is 0 Å². The van der Waals surface area contributed by atoms with E-state index < -0.39 is 11.8 Å². The molecular formula is C21H15NO4. The number of aryl methyl sites for hydroxylation is 1. The molecule has 4 rings (SSSR count). The number of Topliss-reactive ketones (excluding diaryl/α,β-unsaturated/α-hetero) is 1. The zero-order chi connectivity index (χ0) is 18.3. The lowest BCUT2D eigenvalue weighted by Crippen LogP contribution is -2.25. The lowest BCUT2D eigenvalue weighted by Gasteiger charge is -2.17. The van der Waals surface area contributed by atoms with E-state index in [0.29, 0.717) is 5.56 Å². The second kappa shape index (κ2) is 6.04. The first-order chi connectivity index (χ1) is 12.6. The molecule has 2 aromatic carbocycles. The van der Waals surface area contributed by atoms with Crippen molar-refractivity contribution in [2.24, 2.45) is 7.05 Å². The number of aliphatic hydroxyl groups is 1. The standard InChI is InChI=1S/C21H15NO4/c1-22-12-14(15-9-5-6-10-16(15)22)11-17-19(23)18(20(24)21(25)26-17)13-7-3-2-4-8-13/h2-12,23H,1H3/b17-11-. The quantitative estimate of drug-likeness (QED) is 0.569. The number of fused-ring (bicyclic) bond motifs is 1. The molecule has 0 fully saturated rings. The molecule has 0 radical (unpaired) electrons. The van der Waals surface area contributed by atoms with E-state index in [2.05, 4.69) is 0 Å². The molecule has 128 valence electrons. The smallest absolute Gasteiger partial charge is 0.385 e. The molecule has 1 aliphatic heterocycles. The van der Waals surface area contributed by atoms with E-state index in [-0.39, 0.29) is 17.1 Å². The number of ketones is 1. The predicted octanol–water partition coefficient (Wildman–Crippen LogP) is 3.61. The highest BCUT2D eigenvalue weighted by molar-refractivity contribution is 6.53. The fourth-order valence-electron chi connectivity index (χ4n) is 3.13. The van der Waals surface area contributed by atoms with Gasteiger partial charge in [-0.2, -0.15) is 0 Å². The van der Waals surface area contributed by atoms with E-state index in [0.717, 1.165) is 16.5 Å². The summed E-state index contributed by atoms with van der Waals surface area (Å²) >= 11 is 0. The van der Waals surface area contributed by atoms with Crippen molar-refractivity contribution >= 4 is 34.3 Å². The maximum Gasteiger partial charge on any atom is 0.385 e. The highest BCUT2D eigenvalue weighted by Crippen LogP contribution is 2.31. The summed E-state index contributed by atoms with van der Waals surface area (Å²) in [5, 5.41) is 11.6. The molecule has 0 atom stereocenters. The van der Waals surface area contributed by atoms with Crippen LogP contribution in [-0.2, 0) is 21.4 Å². The van der Waals surface area contributed by atoms with E-state index >= 15 is 0 Å². The molecular weight excluding hydrogens is 330 g/mol. The van der Waals surface area contributed by atoms with Crippen LogP contribution in [0.3, 0.4) is 0 Å². The molecule has 2 heterocycles. The van der Waals surface area contributed by atoms with Crippen LogP contribution in [0.15, 0.2) is 72.3 Å². The van der Waals surface area contributed by atoms with Gasteiger partial charge in [0.1, 0.15) is 0 Å². The summed E-state index contributed by atoms with van der Waals surface area (Å²) in [4.78, 5) is 24.3. The van der Waals surface area contributed by atoms with Gasteiger partial charge in [0.05, 0.1) is 5.57 Å². The maximum absolute atomic E-state index is 12.2. The first-order valence-electron chi connectivity index (χ1n) is 8.07. The topological polar surface area (TPSA) is 68.5 Å². The number of para-hydroxylation sites is 1. The second-order valence-corrected chi connectivity index (χ2v) is 6.03. The zero-order valence-corrected chi connectivity index (χ0v) is 14.0. The number of nitrogens with zero attached hydrogens (tertiary/aromatic N) is 1. The van der Waals surface area contributed by atoms with Crippen LogP contribution in [0, 0.1) is 0 Å². The third kappa shape index (κ3) is 2.50. The molecule has 0 saturated carbocycles. The van der Waals surface area contributed by atoms with Crippen LogP contribution in [0.5, 0.6) is 0 Å². The van der Waals surface area contributed by atoms with Gasteiger partial charge in [-0.15, -0.1) is 0 Å². The van der Waals surface area contributed by atoms with Crippen LogP contribution in [0.4, 0.5) is 0 Å². The number of hydrogen-bond acceptors (Lipinski definition) is 4. The van der Waals surface area contributed by atoms with Crippen molar-refractivity contribution in [1.29, 1.82) is 0 Å². The molecule has 0 spiro atoms. The second-order valence-electron chi connectivity index (χ2n) is 6.03. The molecule has 0 aliphatic carbocycles. The van der Waals surface area contributed by atoms with Gasteiger partial charge in [-0.1, -0.05) is 48.5 Å². The van der Waals surface area contributed by atoms with Gasteiger partial charge in [0, 0.05) is 29.7 Å². The van der Waals surface area contributed by atoms with E-state index in [1.807, 2.05) is 42.1 Å². The van der Waals surface area contributed by atoms with Gasteiger partial charge in [0.15, 0.2) is 11.5 Å². The van der Waals surface area contributed by atoms with Crippen LogP contribution < -0.4 is 0 Å². The van der Waals surface area contributed by atoms with Crippen molar-refractivity contribution in [2.45, 2.75) is 0 Å². The van der Waals surface area contributed by atoms with Crippen LogP contribution in [0.2, 0.25) is 0 Å². The summed E-state index contributed by atoms with van der Waals surface area (Å²) in [7, 11) is 1.91. The molecule has 1 N–H and O–H groups in total. The molecule has 0 saturated heterocycles. The van der Waals surface area contributed by atoms with E-state index in [4.69, 9.17) is 4.74 Å². The number of ether oxygens (including phenoxy) is 1. The molecule has 0 unspecified atom stereocenters. The monoisotopic (exact) mass is 345 g/mol. The third-order valence-electron chi connectivity index (χ3n) is 4.36. The number of hydrogen-bond donors (Lipinski definition) is 1. The van der Waals surface area contributed by atoms with Gasteiger partial charge in [0.2, 0.25) is 0 Å². The van der Waals surface area contributed by atoms with E-state index in [1.165, 1.54) is 0 Å². The number of cyclic esters (lactones) is 1. The number of aliphatic hydroxyl groups excluding tert-OH is 1. The van der Waals surface area contributed by atoms with Crippen LogP contribution in [0.25, 0.3) is 22.6 Å². The number of carbonyl (C=O) groups excluding carboxylic acids is 2. The van der Waals surface area contributed by atoms with Crippen LogP contribution in [0.1, 0.15) is 11.1 Å². The molecule has 26 heavy (non-hydrogen) atoms. The largest absolute Gasteiger partial charge is 0.504 e. The Kier molecular flexibility index (Phi) is 3.69. The maximum atomic E-state index is 12.2. The van der Waals surface area contributed by atoms with Crippen molar-refractivity contribution < 1.29 is 19.4 Å². The lowest BCUT2D eigenvalue weighted by atomic mass is 9.97. The highest BCUT2D eigenvalue weighted by Gasteiger charge is 2.34. The Hall–Kier alpha value is -3.60. The molecule has 1 aliphatic rings. The Morgan fingerprint density at radius 3 is 2.46 bits per heavy atom. The van der Waals surface area contributed by atoms with Crippen molar-refractivity contribution in [2.75, 3.05) is 0 Å². The van der Waals surface area contributed by atoms with Gasteiger partial charge in [0.25, 0.3) is 5.78 Å². The van der Waals surface area contributed by atoms with Gasteiger partial charge >= 0.3 is 5.97 Å². The minimum absolute atomic E-state index is 0.0372. The normalized spacial score (nSPS) is 16.4. The minimum Gasteiger partial charge on any atom is -0.504 e. The number of benzene rings is 2. The molecule has 3 aromatic rings. The molecule has 5 heteroatoms. The number of aromatic nitrogens is 1. The summed E-state index contributed by atoms with van der Waals surface area (Å²) in [6.45, 7) is 0. The molecule has 5 nitrogen and oxygen atoms in total. The first kappa shape index (κ1) is 15.9. The summed E-state index contributed by atoms with van der Waals surface area (Å²) in [5.74, 6) is -2.24. The van der Waals surface area contributed by atoms with Gasteiger partial charge in [-0.05, 0) is 17.7 Å². The fourth-order valence-corrected chi connectivity index (χ4v) is 3.13. The summed E-state index contributed by atoms with van der Waals surface area (Å²) < 4.78 is 7.02. The SMILES string of the molecule is Cn1cc(/C=C2\OC(=O)C(=O)C(c3ccccc3)=C2O)c2ccccc21. The Labute approximate surface area is 149 Å². The van der Waals surface area contributed by atoms with E-state index in [1.54, 1.807) is 36.4 Å². The van der Waals surface area contributed by atoms with Crippen molar-refractivity contribution in [1.82, 2.24) is 4.57 Å². The summed E-state index contributed by atoms with van der Waals surface area (Å²) in [5.41, 5.74) is 2.20. The van der Waals surface area contributed by atoms with Crippen molar-refractivity contribution in [3.8, 4) is 0 Å². The molecule has 0 bridgehead atoms. The molecule has 0 amide bonds. The van der Waals surface area contributed by atoms with Gasteiger partial charge in [-0.3, -0.25) is 4.79 Å². The summed E-state index contributed by atoms with van der Waals surface area (Å²) in [6.07, 6.45) is 3.45. The highest BCUT2D eigenvalue weighted by atomic mass is 16.6. The number of rotatable bonds is 2. The Morgan fingerprint density at radius 1 is 1.00 bits per heavy atom. The van der Waals surface area contributed by atoms with Crippen molar-refractivity contribution in [3.63, 3.8) is 0 Å². The number of carbonyl (C=O) groups is 2.